The summed E-state index contributed by atoms with van der Waals surface area (Å²) in [6, 6.07) is 118. The van der Waals surface area contributed by atoms with Gasteiger partial charge in [0.25, 0.3) is 0 Å². The van der Waals surface area contributed by atoms with Crippen LogP contribution in [0, 0.1) is 5.82 Å². The summed E-state index contributed by atoms with van der Waals surface area (Å²) in [6.07, 6.45) is 10.9. The van der Waals surface area contributed by atoms with E-state index in [2.05, 4.69) is 537 Å². The van der Waals surface area contributed by atoms with Crippen molar-refractivity contribution < 1.29 is 4.39 Å². The number of hydrogen-bond donors (Lipinski definition) is 0. The van der Waals surface area contributed by atoms with Crippen molar-refractivity contribution in [2.24, 2.45) is 0 Å². The molecule has 0 unspecified atom stereocenters. The molecule has 0 saturated heterocycles. The number of benzene rings is 12. The normalized spacial score (nSPS) is 12.3. The standard InChI is InChI=1S/C33H42N4.C28H27N.C28H29N.C22H24FN.C22H25N/c1-21(2)25-16-12-17-26(22(3)4)28(25)37-19-13-18-27(37)23-14-11-15-24(20-23)29-34-30(32(5,6)7)36-31(35-29)33(8,9)10;1-19(2)21-16-17-23-22-13-8-9-14-24(22)28(3,4)26(23)27(21)29-18-10-15-25(29)20-11-6-5-7-12-20;1-20(2)25-18-24(22-12-7-5-8-13-22)19-26(21(3)4)28(25)29-17-11-16-27(29)23-14-9-6-10-15-23;1-15(2)19-13-18(23)14-20(16(3)4)22(19)24-12-8-11-21(24)17-9-6-5-7-10-17;1-16(2)19-12-8-13-20(17(3)4)22(19)23-15-9-14-21(23)18-10-6-5-7-11-18/h11-22H,1-10H3;5-19H,1-4H3;5-21H,1-4H3;5-16H,1-4H3;5-17H,1-4H3. The van der Waals surface area contributed by atoms with Gasteiger partial charge in [0.05, 0.1) is 56.9 Å². The van der Waals surface area contributed by atoms with E-state index in [1.54, 1.807) is 12.1 Å². The third-order valence-electron chi connectivity index (χ3n) is 27.5. The van der Waals surface area contributed by atoms with Crippen molar-refractivity contribution in [3.05, 3.63) is 443 Å². The lowest BCUT2D eigenvalue weighted by atomic mass is 9.79. The lowest BCUT2D eigenvalue weighted by molar-refractivity contribution is 0.497. The molecule has 0 saturated carbocycles. The molecule has 726 valence electrons. The van der Waals surface area contributed by atoms with Crippen molar-refractivity contribution in [3.63, 3.8) is 0 Å². The Balaban J connectivity index is 0.000000135. The first-order chi connectivity index (χ1) is 67.9. The molecule has 142 heavy (non-hydrogen) atoms. The number of nitrogens with zero attached hydrogens (tertiary/aromatic N) is 8. The SMILES string of the molecule is CC(C)c1cc(-c2ccccc2)cc(C(C)C)c1-n1cccc1-c1ccccc1.CC(C)c1cc(F)cc(C(C)C)c1-n1cccc1-c1ccccc1.CC(C)c1ccc2c(c1-n1cccc1-c1ccccc1)C(C)(C)c1ccccc1-2.CC(C)c1cccc(C(C)C)c1-n1cccc1-c1cccc(-c2nc(C(C)(C)C)nc(C(C)(C)C)n2)c1.CC(C)c1cccc(C(C)C)c1-n1cccc1-c1ccccc1. The Bertz CT molecular complexity index is 7140. The van der Waals surface area contributed by atoms with Crippen molar-refractivity contribution in [2.45, 2.75) is 250 Å². The molecule has 0 radical (unpaired) electrons. The third kappa shape index (κ3) is 22.2. The van der Waals surface area contributed by atoms with Crippen molar-refractivity contribution in [3.8, 4) is 118 Å². The molecular formula is C133H147FN8. The number of fused-ring (bicyclic) bond motifs is 3. The predicted octanol–water partition coefficient (Wildman–Crippen LogP) is 37.4. The summed E-state index contributed by atoms with van der Waals surface area (Å²) >= 11 is 0. The zero-order valence-corrected chi connectivity index (χ0v) is 88.8. The Labute approximate surface area is 847 Å². The van der Waals surface area contributed by atoms with Gasteiger partial charge in [-0.2, -0.15) is 0 Å². The van der Waals surface area contributed by atoms with Crippen molar-refractivity contribution >= 4 is 0 Å². The maximum Gasteiger partial charge on any atom is 0.163 e. The van der Waals surface area contributed by atoms with Gasteiger partial charge in [-0.15, -0.1) is 0 Å². The van der Waals surface area contributed by atoms with E-state index in [0.29, 0.717) is 41.4 Å². The van der Waals surface area contributed by atoms with E-state index in [1.165, 1.54) is 129 Å². The minimum atomic E-state index is -0.169. The number of halogens is 1. The molecule has 6 heterocycles. The van der Waals surface area contributed by atoms with E-state index in [4.69, 9.17) is 15.0 Å². The molecule has 12 aromatic carbocycles. The monoisotopic (exact) mass is 1880 g/mol. The summed E-state index contributed by atoms with van der Waals surface area (Å²) in [5.74, 6) is 5.86. The zero-order chi connectivity index (χ0) is 101. The Hall–Kier alpha value is -14.0. The van der Waals surface area contributed by atoms with Crippen LogP contribution in [0.4, 0.5) is 4.39 Å². The zero-order valence-electron chi connectivity index (χ0n) is 88.8. The second-order valence-corrected chi connectivity index (χ2v) is 43.5. The molecule has 0 N–H and O–H groups in total. The van der Waals surface area contributed by atoms with E-state index in [-0.39, 0.29) is 33.9 Å². The average Bonchev–Trinajstić information content (AvgIpc) is 1.55. The van der Waals surface area contributed by atoms with Crippen LogP contribution in [0.25, 0.3) is 118 Å². The number of hydrogen-bond acceptors (Lipinski definition) is 3. The van der Waals surface area contributed by atoms with Gasteiger partial charge in [-0.05, 0) is 256 Å². The summed E-state index contributed by atoms with van der Waals surface area (Å²) in [7, 11) is 0. The molecule has 19 rings (SSSR count). The number of para-hydroxylation sites is 2. The van der Waals surface area contributed by atoms with Gasteiger partial charge in [0.15, 0.2) is 5.82 Å². The molecular weight excluding hydrogens is 1730 g/mol. The minimum absolute atomic E-state index is 0.0373. The molecule has 8 nitrogen and oxygen atoms in total. The largest absolute Gasteiger partial charge is 0.316 e. The number of aromatic nitrogens is 8. The van der Waals surface area contributed by atoms with Gasteiger partial charge in [0.2, 0.25) is 0 Å². The van der Waals surface area contributed by atoms with Crippen LogP contribution in [0.2, 0.25) is 0 Å². The lowest BCUT2D eigenvalue weighted by Crippen LogP contribution is -2.24. The number of rotatable bonds is 21. The van der Waals surface area contributed by atoms with Gasteiger partial charge < -0.3 is 22.8 Å². The van der Waals surface area contributed by atoms with Crippen LogP contribution in [0.5, 0.6) is 0 Å². The van der Waals surface area contributed by atoms with Gasteiger partial charge in [0.1, 0.15) is 17.5 Å². The quantitative estimate of drug-likeness (QED) is 0.0720. The first-order valence-corrected chi connectivity index (χ1v) is 51.5. The Morgan fingerprint density at radius 2 is 0.493 bits per heavy atom. The van der Waals surface area contributed by atoms with Crippen LogP contribution in [-0.4, -0.2) is 37.8 Å². The third-order valence-corrected chi connectivity index (χ3v) is 27.5. The van der Waals surface area contributed by atoms with Gasteiger partial charge >= 0.3 is 0 Å². The minimum Gasteiger partial charge on any atom is -0.316 e. The molecule has 18 aromatic rings. The van der Waals surface area contributed by atoms with Crippen LogP contribution >= 0.6 is 0 Å². The van der Waals surface area contributed by atoms with Crippen molar-refractivity contribution in [1.29, 1.82) is 0 Å². The summed E-state index contributed by atoms with van der Waals surface area (Å²) in [6.45, 7) is 58.1. The Kier molecular flexibility index (Phi) is 31.7. The molecule has 0 atom stereocenters. The highest BCUT2D eigenvalue weighted by atomic mass is 19.1. The fourth-order valence-corrected chi connectivity index (χ4v) is 20.1. The van der Waals surface area contributed by atoms with Gasteiger partial charge in [-0.1, -0.05) is 423 Å². The van der Waals surface area contributed by atoms with Crippen LogP contribution in [0.3, 0.4) is 0 Å². The van der Waals surface area contributed by atoms with Gasteiger partial charge in [0, 0.05) is 52.8 Å². The second-order valence-electron chi connectivity index (χ2n) is 43.5. The van der Waals surface area contributed by atoms with E-state index in [9.17, 15) is 4.39 Å². The maximum atomic E-state index is 14.2. The first-order valence-electron chi connectivity index (χ1n) is 51.5. The molecule has 1 aliphatic rings. The Morgan fingerprint density at radius 3 is 0.824 bits per heavy atom. The van der Waals surface area contributed by atoms with E-state index < -0.39 is 0 Å². The van der Waals surface area contributed by atoms with Crippen LogP contribution in [0.15, 0.2) is 365 Å². The van der Waals surface area contributed by atoms with Crippen LogP contribution in [0.1, 0.15) is 306 Å². The molecule has 1 aliphatic carbocycles. The second kappa shape index (κ2) is 44.0. The summed E-state index contributed by atoms with van der Waals surface area (Å²) in [4.78, 5) is 14.7. The van der Waals surface area contributed by atoms with E-state index in [1.807, 2.05) is 18.2 Å². The fraction of sp³-hybridized carbons (Fsp3) is 0.286. The van der Waals surface area contributed by atoms with E-state index >= 15 is 0 Å². The van der Waals surface area contributed by atoms with Gasteiger partial charge in [-0.25, -0.2) is 19.3 Å². The molecule has 9 heteroatoms. The highest BCUT2D eigenvalue weighted by Crippen LogP contribution is 2.54. The van der Waals surface area contributed by atoms with Crippen molar-refractivity contribution in [2.75, 3.05) is 0 Å². The average molecular weight is 1880 g/mol. The maximum absolute atomic E-state index is 14.2. The summed E-state index contributed by atoms with van der Waals surface area (Å²) in [5, 5.41) is 0. The topological polar surface area (TPSA) is 63.3 Å². The fourth-order valence-electron chi connectivity index (χ4n) is 20.1. The van der Waals surface area contributed by atoms with Crippen LogP contribution < -0.4 is 0 Å². The Morgan fingerprint density at radius 1 is 0.225 bits per heavy atom. The molecule has 6 aromatic heterocycles. The predicted molar refractivity (Wildman–Crippen MR) is 602 cm³/mol. The molecule has 0 fully saturated rings. The summed E-state index contributed by atoms with van der Waals surface area (Å²) in [5.41, 5.74) is 39.2. The molecule has 0 bridgehead atoms. The molecule has 0 spiro atoms. The van der Waals surface area contributed by atoms with Crippen LogP contribution in [-0.2, 0) is 16.2 Å². The molecule has 0 aliphatic heterocycles. The summed E-state index contributed by atoms with van der Waals surface area (Å²) < 4.78 is 25.9. The van der Waals surface area contributed by atoms with E-state index in [0.717, 1.165) is 62.4 Å². The highest BCUT2D eigenvalue weighted by Gasteiger charge is 2.40. The first kappa shape index (κ1) is 102. The van der Waals surface area contributed by atoms with Crippen molar-refractivity contribution in [1.82, 2.24) is 37.8 Å². The van der Waals surface area contributed by atoms with Gasteiger partial charge in [-0.3, -0.25) is 0 Å². The molecule has 0 amide bonds. The smallest absolute Gasteiger partial charge is 0.163 e. The lowest BCUT2D eigenvalue weighted by Gasteiger charge is -2.28. The highest BCUT2D eigenvalue weighted by molar-refractivity contribution is 5.86.